The molecule has 0 aliphatic rings. The van der Waals surface area contributed by atoms with Crippen molar-refractivity contribution in [3.8, 4) is 5.75 Å². The SMILES string of the molecule is O=c1cc[nH]cc1S(=O)(=O)Nc1cccc(OC(F)F)c1. The van der Waals surface area contributed by atoms with E-state index in [1.807, 2.05) is 0 Å². The molecule has 2 rings (SSSR count). The van der Waals surface area contributed by atoms with E-state index < -0.39 is 27.0 Å². The van der Waals surface area contributed by atoms with Crippen molar-refractivity contribution >= 4 is 15.7 Å². The van der Waals surface area contributed by atoms with Crippen molar-refractivity contribution in [2.45, 2.75) is 11.5 Å². The van der Waals surface area contributed by atoms with E-state index in [0.717, 1.165) is 18.3 Å². The van der Waals surface area contributed by atoms with Gasteiger partial charge in [-0.2, -0.15) is 8.78 Å². The van der Waals surface area contributed by atoms with Gasteiger partial charge < -0.3 is 9.72 Å². The molecule has 1 aromatic carbocycles. The maximum atomic E-state index is 12.1. The van der Waals surface area contributed by atoms with Crippen LogP contribution in [0.4, 0.5) is 14.5 Å². The lowest BCUT2D eigenvalue weighted by Crippen LogP contribution is -2.20. The molecule has 0 aliphatic heterocycles. The molecule has 0 bridgehead atoms. The summed E-state index contributed by atoms with van der Waals surface area (Å²) in [4.78, 5) is 13.5. The van der Waals surface area contributed by atoms with Gasteiger partial charge in [-0.25, -0.2) is 8.42 Å². The van der Waals surface area contributed by atoms with Gasteiger partial charge in [0.25, 0.3) is 10.0 Å². The Morgan fingerprint density at radius 1 is 1.24 bits per heavy atom. The molecule has 0 amide bonds. The zero-order valence-corrected chi connectivity index (χ0v) is 11.2. The molecular formula is C12H10F2N2O4S. The number of sulfonamides is 1. The number of hydrogen-bond donors (Lipinski definition) is 2. The van der Waals surface area contributed by atoms with Crippen LogP contribution in [0.5, 0.6) is 5.75 Å². The molecule has 2 aromatic rings. The molecule has 0 radical (unpaired) electrons. The van der Waals surface area contributed by atoms with E-state index in [2.05, 4.69) is 14.4 Å². The summed E-state index contributed by atoms with van der Waals surface area (Å²) in [6.07, 6.45) is 2.32. The van der Waals surface area contributed by atoms with Crippen LogP contribution in [0.15, 0.2) is 52.4 Å². The second-order valence-corrected chi connectivity index (χ2v) is 5.54. The maximum Gasteiger partial charge on any atom is 0.387 e. The molecule has 6 nitrogen and oxygen atoms in total. The molecule has 9 heteroatoms. The van der Waals surface area contributed by atoms with Gasteiger partial charge in [-0.3, -0.25) is 9.52 Å². The van der Waals surface area contributed by atoms with Gasteiger partial charge in [0.15, 0.2) is 4.90 Å². The van der Waals surface area contributed by atoms with E-state index in [1.165, 1.54) is 24.4 Å². The van der Waals surface area contributed by atoms with Gasteiger partial charge in [-0.15, -0.1) is 0 Å². The Balaban J connectivity index is 2.29. The van der Waals surface area contributed by atoms with Crippen LogP contribution in [0.2, 0.25) is 0 Å². The number of rotatable bonds is 5. The third-order valence-corrected chi connectivity index (χ3v) is 3.79. The van der Waals surface area contributed by atoms with Crippen molar-refractivity contribution in [2.24, 2.45) is 0 Å². The van der Waals surface area contributed by atoms with Gasteiger partial charge in [0.1, 0.15) is 5.75 Å². The molecule has 0 fully saturated rings. The summed E-state index contributed by atoms with van der Waals surface area (Å²) in [5.74, 6) is -0.202. The zero-order chi connectivity index (χ0) is 15.5. The highest BCUT2D eigenvalue weighted by Crippen LogP contribution is 2.21. The number of anilines is 1. The fourth-order valence-electron chi connectivity index (χ4n) is 1.56. The van der Waals surface area contributed by atoms with Crippen molar-refractivity contribution in [3.63, 3.8) is 0 Å². The Morgan fingerprint density at radius 3 is 2.67 bits per heavy atom. The second kappa shape index (κ2) is 5.92. The molecule has 0 atom stereocenters. The Kier molecular flexibility index (Phi) is 4.22. The number of ether oxygens (including phenoxy) is 1. The highest BCUT2D eigenvalue weighted by atomic mass is 32.2. The van der Waals surface area contributed by atoms with Crippen LogP contribution >= 0.6 is 0 Å². The fourth-order valence-corrected chi connectivity index (χ4v) is 2.66. The smallest absolute Gasteiger partial charge is 0.387 e. The standard InChI is InChI=1S/C12H10F2N2O4S/c13-12(14)20-9-3-1-2-8(6-9)16-21(18,19)11-7-15-5-4-10(11)17/h1-7,12,16H,(H,15,17). The number of aromatic nitrogens is 1. The number of H-pyrrole nitrogens is 1. The predicted octanol–water partition coefficient (Wildman–Crippen LogP) is 1.78. The first-order chi connectivity index (χ1) is 9.88. The molecule has 21 heavy (non-hydrogen) atoms. The Labute approximate surface area is 118 Å². The van der Waals surface area contributed by atoms with Gasteiger partial charge >= 0.3 is 6.61 Å². The number of aromatic amines is 1. The summed E-state index contributed by atoms with van der Waals surface area (Å²) in [5, 5.41) is 0. The van der Waals surface area contributed by atoms with Gasteiger partial charge in [0, 0.05) is 24.5 Å². The molecular weight excluding hydrogens is 306 g/mol. The largest absolute Gasteiger partial charge is 0.435 e. The van der Waals surface area contributed by atoms with Crippen molar-refractivity contribution in [1.29, 1.82) is 0 Å². The van der Waals surface area contributed by atoms with Crippen LogP contribution in [0.3, 0.4) is 0 Å². The molecule has 0 unspecified atom stereocenters. The minimum atomic E-state index is -4.13. The summed E-state index contributed by atoms with van der Waals surface area (Å²) >= 11 is 0. The molecule has 0 saturated carbocycles. The second-order valence-electron chi connectivity index (χ2n) is 3.88. The summed E-state index contributed by atoms with van der Waals surface area (Å²) in [6, 6.07) is 6.07. The summed E-state index contributed by atoms with van der Waals surface area (Å²) in [5.41, 5.74) is -0.697. The summed E-state index contributed by atoms with van der Waals surface area (Å²) in [6.45, 7) is -3.02. The zero-order valence-electron chi connectivity index (χ0n) is 10.4. The van der Waals surface area contributed by atoms with E-state index in [1.54, 1.807) is 0 Å². The highest BCUT2D eigenvalue weighted by Gasteiger charge is 2.18. The average molecular weight is 316 g/mol. The molecule has 0 aliphatic carbocycles. The Bertz CT molecular complexity index is 790. The van der Waals surface area contributed by atoms with Gasteiger partial charge in [0.2, 0.25) is 5.43 Å². The monoisotopic (exact) mass is 316 g/mol. The van der Waals surface area contributed by atoms with Crippen molar-refractivity contribution in [3.05, 3.63) is 52.9 Å². The minimum Gasteiger partial charge on any atom is -0.435 e. The number of alkyl halides is 2. The number of halogens is 2. The third-order valence-electron chi connectivity index (χ3n) is 2.39. The molecule has 112 valence electrons. The van der Waals surface area contributed by atoms with E-state index in [9.17, 15) is 22.0 Å². The van der Waals surface area contributed by atoms with Gasteiger partial charge in [-0.1, -0.05) is 6.07 Å². The van der Waals surface area contributed by atoms with E-state index in [0.29, 0.717) is 0 Å². The average Bonchev–Trinajstić information content (AvgIpc) is 2.38. The van der Waals surface area contributed by atoms with Crippen LogP contribution in [-0.2, 0) is 10.0 Å². The van der Waals surface area contributed by atoms with Crippen LogP contribution in [-0.4, -0.2) is 20.0 Å². The quantitative estimate of drug-likeness (QED) is 0.880. The third kappa shape index (κ3) is 3.78. The van der Waals surface area contributed by atoms with Gasteiger partial charge in [0.05, 0.1) is 5.69 Å². The number of nitrogens with one attached hydrogen (secondary N) is 2. The summed E-state index contributed by atoms with van der Waals surface area (Å²) in [7, 11) is -4.13. The number of pyridine rings is 1. The molecule has 2 N–H and O–H groups in total. The molecule has 0 spiro atoms. The lowest BCUT2D eigenvalue weighted by molar-refractivity contribution is -0.0497. The van der Waals surface area contributed by atoms with E-state index in [4.69, 9.17) is 0 Å². The first-order valence-corrected chi connectivity index (χ1v) is 7.11. The first-order valence-electron chi connectivity index (χ1n) is 5.63. The van der Waals surface area contributed by atoms with Gasteiger partial charge in [-0.05, 0) is 12.1 Å². The molecule has 1 aromatic heterocycles. The van der Waals surface area contributed by atoms with E-state index in [-0.39, 0.29) is 11.4 Å². The van der Waals surface area contributed by atoms with Crippen LogP contribution in [0.1, 0.15) is 0 Å². The van der Waals surface area contributed by atoms with E-state index >= 15 is 0 Å². The minimum absolute atomic E-state index is 0.00333. The molecule has 1 heterocycles. The fraction of sp³-hybridized carbons (Fsp3) is 0.0833. The Hall–Kier alpha value is -2.42. The Morgan fingerprint density at radius 2 is 2.00 bits per heavy atom. The van der Waals surface area contributed by atoms with Crippen LogP contribution in [0, 0.1) is 0 Å². The predicted molar refractivity (Wildman–Crippen MR) is 70.9 cm³/mol. The number of benzene rings is 1. The van der Waals surface area contributed by atoms with Crippen molar-refractivity contribution in [1.82, 2.24) is 4.98 Å². The normalized spacial score (nSPS) is 11.4. The van der Waals surface area contributed by atoms with Crippen molar-refractivity contribution in [2.75, 3.05) is 4.72 Å². The maximum absolute atomic E-state index is 12.1. The lowest BCUT2D eigenvalue weighted by atomic mass is 10.3. The summed E-state index contributed by atoms with van der Waals surface area (Å²) < 4.78 is 54.6. The number of hydrogen-bond acceptors (Lipinski definition) is 4. The van der Waals surface area contributed by atoms with Crippen LogP contribution in [0.25, 0.3) is 0 Å². The molecule has 0 saturated heterocycles. The topological polar surface area (TPSA) is 88.3 Å². The van der Waals surface area contributed by atoms with Crippen LogP contribution < -0.4 is 14.9 Å². The first kappa shape index (κ1) is 15.0. The highest BCUT2D eigenvalue weighted by molar-refractivity contribution is 7.92. The lowest BCUT2D eigenvalue weighted by Gasteiger charge is -2.09. The van der Waals surface area contributed by atoms with Crippen molar-refractivity contribution < 1.29 is 21.9 Å².